The summed E-state index contributed by atoms with van der Waals surface area (Å²) >= 11 is 0. The summed E-state index contributed by atoms with van der Waals surface area (Å²) in [4.78, 5) is 11.2. The zero-order chi connectivity index (χ0) is 14.2. The Morgan fingerprint density at radius 2 is 2.10 bits per heavy atom. The van der Waals surface area contributed by atoms with E-state index in [0.29, 0.717) is 12.8 Å². The molecule has 104 valence electrons. The Morgan fingerprint density at radius 1 is 1.35 bits per heavy atom. The largest absolute Gasteiger partial charge is 0.480 e. The minimum absolute atomic E-state index is 0.0635. The molecule has 5 nitrogen and oxygen atoms in total. The summed E-state index contributed by atoms with van der Waals surface area (Å²) in [5.74, 6) is -0.921. The maximum absolute atomic E-state index is 11.2. The summed E-state index contributed by atoms with van der Waals surface area (Å²) in [6, 6.07) is 10.1. The molecule has 2 aromatic rings. The standard InChI is InChI=1S/C15H17N3O2/c16-15(14(19)20)7-6-13(8-15)18-10-12(9-17-18)11-4-2-1-3-5-11/h1-5,9-10,13H,6-8,16H2,(H,19,20). The molecule has 1 heterocycles. The van der Waals surface area contributed by atoms with Gasteiger partial charge in [0, 0.05) is 11.8 Å². The lowest BCUT2D eigenvalue weighted by Gasteiger charge is -2.18. The predicted octanol–water partition coefficient (Wildman–Crippen LogP) is 2.06. The Balaban J connectivity index is 1.80. The number of benzene rings is 1. The quantitative estimate of drug-likeness (QED) is 0.895. The fourth-order valence-corrected chi connectivity index (χ4v) is 2.79. The molecule has 3 N–H and O–H groups in total. The second-order valence-electron chi connectivity index (χ2n) is 5.43. The van der Waals surface area contributed by atoms with Crippen LogP contribution in [0.25, 0.3) is 11.1 Å². The molecule has 0 aliphatic heterocycles. The highest BCUT2D eigenvalue weighted by Gasteiger charge is 2.43. The van der Waals surface area contributed by atoms with Crippen LogP contribution in [-0.4, -0.2) is 26.4 Å². The van der Waals surface area contributed by atoms with Crippen molar-refractivity contribution < 1.29 is 9.90 Å². The number of aromatic nitrogens is 2. The van der Waals surface area contributed by atoms with E-state index in [0.717, 1.165) is 17.5 Å². The van der Waals surface area contributed by atoms with Gasteiger partial charge >= 0.3 is 5.97 Å². The van der Waals surface area contributed by atoms with E-state index < -0.39 is 11.5 Å². The van der Waals surface area contributed by atoms with Gasteiger partial charge in [0.1, 0.15) is 5.54 Å². The molecule has 2 atom stereocenters. The highest BCUT2D eigenvalue weighted by atomic mass is 16.4. The van der Waals surface area contributed by atoms with Gasteiger partial charge in [0.05, 0.1) is 12.2 Å². The average molecular weight is 271 g/mol. The van der Waals surface area contributed by atoms with E-state index in [2.05, 4.69) is 5.10 Å². The van der Waals surface area contributed by atoms with Gasteiger partial charge in [-0.1, -0.05) is 30.3 Å². The molecule has 0 saturated heterocycles. The van der Waals surface area contributed by atoms with Gasteiger partial charge in [-0.25, -0.2) is 0 Å². The Labute approximate surface area is 117 Å². The number of carbonyl (C=O) groups is 1. The van der Waals surface area contributed by atoms with Gasteiger partial charge in [-0.3, -0.25) is 9.48 Å². The topological polar surface area (TPSA) is 81.1 Å². The van der Waals surface area contributed by atoms with Crippen LogP contribution in [0.3, 0.4) is 0 Å². The molecule has 3 rings (SSSR count). The van der Waals surface area contributed by atoms with Crippen LogP contribution in [-0.2, 0) is 4.79 Å². The van der Waals surface area contributed by atoms with Gasteiger partial charge in [0.15, 0.2) is 0 Å². The van der Waals surface area contributed by atoms with Crippen LogP contribution < -0.4 is 5.73 Å². The summed E-state index contributed by atoms with van der Waals surface area (Å²) in [6.07, 6.45) is 5.45. The van der Waals surface area contributed by atoms with Crippen LogP contribution in [0.5, 0.6) is 0 Å². The van der Waals surface area contributed by atoms with E-state index >= 15 is 0 Å². The van der Waals surface area contributed by atoms with Crippen LogP contribution in [0.2, 0.25) is 0 Å². The summed E-state index contributed by atoms with van der Waals surface area (Å²) < 4.78 is 1.85. The number of carboxylic acid groups (broad SMARTS) is 1. The number of hydrogen-bond acceptors (Lipinski definition) is 3. The van der Waals surface area contributed by atoms with E-state index in [-0.39, 0.29) is 6.04 Å². The van der Waals surface area contributed by atoms with Crippen molar-refractivity contribution in [2.45, 2.75) is 30.8 Å². The van der Waals surface area contributed by atoms with E-state index in [4.69, 9.17) is 10.8 Å². The molecule has 1 fully saturated rings. The van der Waals surface area contributed by atoms with Crippen LogP contribution in [0.1, 0.15) is 25.3 Å². The number of carboxylic acids is 1. The second-order valence-corrected chi connectivity index (χ2v) is 5.43. The fourth-order valence-electron chi connectivity index (χ4n) is 2.79. The third-order valence-corrected chi connectivity index (χ3v) is 4.03. The molecule has 1 saturated carbocycles. The SMILES string of the molecule is NC1(C(=O)O)CCC(n2cc(-c3ccccc3)cn2)C1. The van der Waals surface area contributed by atoms with Crippen molar-refractivity contribution in [3.05, 3.63) is 42.7 Å². The highest BCUT2D eigenvalue weighted by Crippen LogP contribution is 2.36. The van der Waals surface area contributed by atoms with Crippen LogP contribution >= 0.6 is 0 Å². The normalized spacial score (nSPS) is 25.8. The van der Waals surface area contributed by atoms with Crippen LogP contribution in [0, 0.1) is 0 Å². The highest BCUT2D eigenvalue weighted by molar-refractivity contribution is 5.79. The third kappa shape index (κ3) is 2.20. The van der Waals surface area contributed by atoms with Gasteiger partial charge in [0.2, 0.25) is 0 Å². The number of hydrogen-bond donors (Lipinski definition) is 2. The molecule has 0 radical (unpaired) electrons. The molecule has 2 unspecified atom stereocenters. The van der Waals surface area contributed by atoms with Crippen LogP contribution in [0.15, 0.2) is 42.7 Å². The molecule has 0 bridgehead atoms. The maximum Gasteiger partial charge on any atom is 0.323 e. The zero-order valence-electron chi connectivity index (χ0n) is 11.1. The monoisotopic (exact) mass is 271 g/mol. The van der Waals surface area contributed by atoms with Gasteiger partial charge in [-0.05, 0) is 24.8 Å². The Bertz CT molecular complexity index is 623. The molecule has 5 heteroatoms. The van der Waals surface area contributed by atoms with Gasteiger partial charge < -0.3 is 10.8 Å². The van der Waals surface area contributed by atoms with E-state index in [9.17, 15) is 4.79 Å². The van der Waals surface area contributed by atoms with Crippen molar-refractivity contribution >= 4 is 5.97 Å². The first kappa shape index (κ1) is 12.9. The first-order valence-electron chi connectivity index (χ1n) is 6.70. The van der Waals surface area contributed by atoms with E-state index in [1.54, 1.807) is 0 Å². The Hall–Kier alpha value is -2.14. The number of nitrogens with zero attached hydrogens (tertiary/aromatic N) is 2. The lowest BCUT2D eigenvalue weighted by molar-refractivity contribution is -0.143. The third-order valence-electron chi connectivity index (χ3n) is 4.03. The molecular formula is C15H17N3O2. The van der Waals surface area contributed by atoms with Crippen molar-refractivity contribution in [1.82, 2.24) is 9.78 Å². The Kier molecular flexibility index (Phi) is 3.06. The average Bonchev–Trinajstić information content (AvgIpc) is 3.07. The summed E-state index contributed by atoms with van der Waals surface area (Å²) in [5, 5.41) is 13.5. The molecular weight excluding hydrogens is 254 g/mol. The van der Waals surface area contributed by atoms with E-state index in [1.165, 1.54) is 0 Å². The zero-order valence-corrected chi connectivity index (χ0v) is 11.1. The van der Waals surface area contributed by atoms with Gasteiger partial charge in [-0.15, -0.1) is 0 Å². The smallest absolute Gasteiger partial charge is 0.323 e. The van der Waals surface area contributed by atoms with Crippen molar-refractivity contribution in [2.24, 2.45) is 5.73 Å². The summed E-state index contributed by atoms with van der Waals surface area (Å²) in [7, 11) is 0. The van der Waals surface area contributed by atoms with E-state index in [1.807, 2.05) is 47.4 Å². The second kappa shape index (κ2) is 4.76. The summed E-state index contributed by atoms with van der Waals surface area (Å²) in [5.41, 5.74) is 6.94. The first-order valence-corrected chi connectivity index (χ1v) is 6.70. The lowest BCUT2D eigenvalue weighted by Crippen LogP contribution is -2.45. The molecule has 20 heavy (non-hydrogen) atoms. The fraction of sp³-hybridized carbons (Fsp3) is 0.333. The molecule has 0 spiro atoms. The number of nitrogens with two attached hydrogens (primary N) is 1. The van der Waals surface area contributed by atoms with Crippen molar-refractivity contribution in [1.29, 1.82) is 0 Å². The predicted molar refractivity (Wildman–Crippen MR) is 75.1 cm³/mol. The molecule has 1 aliphatic carbocycles. The molecule has 1 aromatic heterocycles. The number of aliphatic carboxylic acids is 1. The lowest BCUT2D eigenvalue weighted by atomic mass is 9.99. The Morgan fingerprint density at radius 3 is 2.75 bits per heavy atom. The minimum Gasteiger partial charge on any atom is -0.480 e. The van der Waals surface area contributed by atoms with Crippen molar-refractivity contribution in [2.75, 3.05) is 0 Å². The number of rotatable bonds is 3. The van der Waals surface area contributed by atoms with Crippen LogP contribution in [0.4, 0.5) is 0 Å². The molecule has 1 aliphatic rings. The van der Waals surface area contributed by atoms with Crippen molar-refractivity contribution in [3.8, 4) is 11.1 Å². The first-order chi connectivity index (χ1) is 9.58. The molecule has 0 amide bonds. The summed E-state index contributed by atoms with van der Waals surface area (Å²) in [6.45, 7) is 0. The maximum atomic E-state index is 11.2. The van der Waals surface area contributed by atoms with Gasteiger partial charge in [0.25, 0.3) is 0 Å². The van der Waals surface area contributed by atoms with Gasteiger partial charge in [-0.2, -0.15) is 5.10 Å². The minimum atomic E-state index is -1.11. The van der Waals surface area contributed by atoms with Crippen molar-refractivity contribution in [3.63, 3.8) is 0 Å². The molecule has 1 aromatic carbocycles.